The Labute approximate surface area is 151 Å². The molecule has 2 amide bonds. The summed E-state index contributed by atoms with van der Waals surface area (Å²) >= 11 is 5.61. The highest BCUT2D eigenvalue weighted by molar-refractivity contribution is 6.30. The number of alkyl halides is 3. The second kappa shape index (κ2) is 6.95. The molecular formula is C17H13ClF3N3O2. The molecule has 1 fully saturated rings. The van der Waals surface area contributed by atoms with Crippen LogP contribution >= 0.6 is 11.6 Å². The highest BCUT2D eigenvalue weighted by atomic mass is 35.5. The largest absolute Gasteiger partial charge is 0.418 e. The smallest absolute Gasteiger partial charge is 0.348 e. The molecular weight excluding hydrogens is 371 g/mol. The molecule has 0 radical (unpaired) electrons. The lowest BCUT2D eigenvalue weighted by molar-refractivity contribution is -0.136. The SMILES string of the molecule is O=C(Nc1ccc(Cl)cc1C(F)(F)F)c1ccnc(C(=O)NC2CC2)c1. The Hall–Kier alpha value is -2.61. The van der Waals surface area contributed by atoms with Gasteiger partial charge in [-0.05, 0) is 43.2 Å². The molecule has 0 saturated heterocycles. The van der Waals surface area contributed by atoms with Gasteiger partial charge in [-0.2, -0.15) is 13.2 Å². The van der Waals surface area contributed by atoms with Crippen LogP contribution in [-0.4, -0.2) is 22.8 Å². The molecule has 1 heterocycles. The fraction of sp³-hybridized carbons (Fsp3) is 0.235. The van der Waals surface area contributed by atoms with Gasteiger partial charge < -0.3 is 10.6 Å². The zero-order valence-electron chi connectivity index (χ0n) is 13.2. The number of amides is 2. The first kappa shape index (κ1) is 18.2. The van der Waals surface area contributed by atoms with Crippen LogP contribution in [0.1, 0.15) is 39.3 Å². The topological polar surface area (TPSA) is 71.1 Å². The number of anilines is 1. The van der Waals surface area contributed by atoms with E-state index in [1.807, 2.05) is 0 Å². The lowest BCUT2D eigenvalue weighted by atomic mass is 10.1. The Morgan fingerprint density at radius 2 is 1.85 bits per heavy atom. The van der Waals surface area contributed by atoms with Crippen LogP contribution in [0.2, 0.25) is 5.02 Å². The number of hydrogen-bond donors (Lipinski definition) is 2. The van der Waals surface area contributed by atoms with E-state index in [2.05, 4.69) is 15.6 Å². The lowest BCUT2D eigenvalue weighted by Crippen LogP contribution is -2.26. The summed E-state index contributed by atoms with van der Waals surface area (Å²) in [4.78, 5) is 28.2. The minimum Gasteiger partial charge on any atom is -0.348 e. The highest BCUT2D eigenvalue weighted by Crippen LogP contribution is 2.36. The molecule has 0 atom stereocenters. The molecule has 2 N–H and O–H groups in total. The van der Waals surface area contributed by atoms with Gasteiger partial charge in [0.2, 0.25) is 0 Å². The predicted molar refractivity (Wildman–Crippen MR) is 89.1 cm³/mol. The molecule has 26 heavy (non-hydrogen) atoms. The fourth-order valence-corrected chi connectivity index (χ4v) is 2.41. The normalized spacial score (nSPS) is 14.0. The van der Waals surface area contributed by atoms with Gasteiger partial charge in [0.15, 0.2) is 0 Å². The second-order valence-electron chi connectivity index (χ2n) is 5.82. The quantitative estimate of drug-likeness (QED) is 0.841. The van der Waals surface area contributed by atoms with Crippen LogP contribution in [0.3, 0.4) is 0 Å². The Kier molecular flexibility index (Phi) is 4.86. The maximum Gasteiger partial charge on any atom is 0.418 e. The standard InChI is InChI=1S/C17H13ClF3N3O2/c18-10-1-4-13(12(8-10)17(19,20)21)24-15(25)9-5-6-22-14(7-9)16(26)23-11-2-3-11/h1,4-8,11H,2-3H2,(H,23,26)(H,24,25). The number of nitrogens with zero attached hydrogens (tertiary/aromatic N) is 1. The number of rotatable bonds is 4. The monoisotopic (exact) mass is 383 g/mol. The second-order valence-corrected chi connectivity index (χ2v) is 6.26. The number of carbonyl (C=O) groups excluding carboxylic acids is 2. The maximum atomic E-state index is 13.1. The van der Waals surface area contributed by atoms with Crippen LogP contribution in [0.15, 0.2) is 36.5 Å². The van der Waals surface area contributed by atoms with E-state index in [-0.39, 0.29) is 22.3 Å². The summed E-state index contributed by atoms with van der Waals surface area (Å²) in [6.07, 6.45) is -1.64. The zero-order valence-corrected chi connectivity index (χ0v) is 14.0. The molecule has 1 aromatic heterocycles. The number of pyridine rings is 1. The van der Waals surface area contributed by atoms with Crippen molar-refractivity contribution in [1.82, 2.24) is 10.3 Å². The van der Waals surface area contributed by atoms with Gasteiger partial charge in [0.25, 0.3) is 11.8 Å². The van der Waals surface area contributed by atoms with Gasteiger partial charge in [0.1, 0.15) is 5.69 Å². The van der Waals surface area contributed by atoms with E-state index in [0.717, 1.165) is 25.0 Å². The van der Waals surface area contributed by atoms with Gasteiger partial charge in [0, 0.05) is 22.8 Å². The van der Waals surface area contributed by atoms with Crippen molar-refractivity contribution in [3.05, 3.63) is 58.4 Å². The summed E-state index contributed by atoms with van der Waals surface area (Å²) in [6, 6.07) is 5.71. The van der Waals surface area contributed by atoms with Crippen molar-refractivity contribution in [2.24, 2.45) is 0 Å². The molecule has 3 rings (SSSR count). The molecule has 0 aliphatic heterocycles. The van der Waals surface area contributed by atoms with Crippen molar-refractivity contribution < 1.29 is 22.8 Å². The molecule has 9 heteroatoms. The summed E-state index contributed by atoms with van der Waals surface area (Å²) < 4.78 is 39.3. The molecule has 1 aliphatic rings. The lowest BCUT2D eigenvalue weighted by Gasteiger charge is -2.14. The molecule has 2 aromatic rings. The van der Waals surface area contributed by atoms with Crippen molar-refractivity contribution in [2.75, 3.05) is 5.32 Å². The van der Waals surface area contributed by atoms with E-state index in [4.69, 9.17) is 11.6 Å². The van der Waals surface area contributed by atoms with Crippen molar-refractivity contribution in [3.63, 3.8) is 0 Å². The molecule has 5 nitrogen and oxygen atoms in total. The van der Waals surface area contributed by atoms with Gasteiger partial charge in [-0.1, -0.05) is 11.6 Å². The van der Waals surface area contributed by atoms with E-state index in [9.17, 15) is 22.8 Å². The number of hydrogen-bond acceptors (Lipinski definition) is 3. The van der Waals surface area contributed by atoms with Crippen LogP contribution in [0, 0.1) is 0 Å². The van der Waals surface area contributed by atoms with Gasteiger partial charge in [-0.25, -0.2) is 0 Å². The van der Waals surface area contributed by atoms with E-state index in [0.29, 0.717) is 0 Å². The number of nitrogens with one attached hydrogen (secondary N) is 2. The van der Waals surface area contributed by atoms with Crippen LogP contribution < -0.4 is 10.6 Å². The molecule has 1 aliphatic carbocycles. The van der Waals surface area contributed by atoms with Gasteiger partial charge in [-0.15, -0.1) is 0 Å². The van der Waals surface area contributed by atoms with Crippen molar-refractivity contribution in [3.8, 4) is 0 Å². The Morgan fingerprint density at radius 3 is 2.50 bits per heavy atom. The molecule has 0 spiro atoms. The predicted octanol–water partition coefficient (Wildman–Crippen LogP) is 3.90. The average Bonchev–Trinajstić information content (AvgIpc) is 3.39. The number of halogens is 4. The number of carbonyl (C=O) groups is 2. The summed E-state index contributed by atoms with van der Waals surface area (Å²) in [5, 5.41) is 4.83. The average molecular weight is 384 g/mol. The first-order valence-corrected chi connectivity index (χ1v) is 8.07. The van der Waals surface area contributed by atoms with Crippen molar-refractivity contribution in [2.45, 2.75) is 25.1 Å². The minimum atomic E-state index is -4.68. The molecule has 136 valence electrons. The van der Waals surface area contributed by atoms with Crippen LogP contribution in [-0.2, 0) is 6.18 Å². The van der Waals surface area contributed by atoms with E-state index >= 15 is 0 Å². The summed E-state index contributed by atoms with van der Waals surface area (Å²) in [5.41, 5.74) is -1.44. The third kappa shape index (κ3) is 4.32. The van der Waals surface area contributed by atoms with Crippen LogP contribution in [0.5, 0.6) is 0 Å². The molecule has 1 aromatic carbocycles. The summed E-state index contributed by atoms with van der Waals surface area (Å²) in [5.74, 6) is -1.22. The van der Waals surface area contributed by atoms with Crippen LogP contribution in [0.4, 0.5) is 18.9 Å². The van der Waals surface area contributed by atoms with Gasteiger partial charge in [0.05, 0.1) is 11.3 Å². The van der Waals surface area contributed by atoms with Gasteiger partial charge in [-0.3, -0.25) is 14.6 Å². The summed E-state index contributed by atoms with van der Waals surface area (Å²) in [6.45, 7) is 0. The highest BCUT2D eigenvalue weighted by Gasteiger charge is 2.34. The van der Waals surface area contributed by atoms with Gasteiger partial charge >= 0.3 is 6.18 Å². The van der Waals surface area contributed by atoms with E-state index in [1.165, 1.54) is 24.4 Å². The third-order valence-corrected chi connectivity index (χ3v) is 3.94. The van der Waals surface area contributed by atoms with Crippen LogP contribution in [0.25, 0.3) is 0 Å². The zero-order chi connectivity index (χ0) is 18.9. The Morgan fingerprint density at radius 1 is 1.12 bits per heavy atom. The third-order valence-electron chi connectivity index (χ3n) is 3.70. The fourth-order valence-electron chi connectivity index (χ4n) is 2.24. The van der Waals surface area contributed by atoms with E-state index < -0.39 is 29.2 Å². The Balaban J connectivity index is 1.81. The minimum absolute atomic E-state index is 0.0176. The number of benzene rings is 1. The summed E-state index contributed by atoms with van der Waals surface area (Å²) in [7, 11) is 0. The van der Waals surface area contributed by atoms with Crippen molar-refractivity contribution in [1.29, 1.82) is 0 Å². The number of aromatic nitrogens is 1. The maximum absolute atomic E-state index is 13.1. The first-order chi connectivity index (χ1) is 12.2. The first-order valence-electron chi connectivity index (χ1n) is 7.69. The molecule has 0 bridgehead atoms. The molecule has 0 unspecified atom stereocenters. The Bertz CT molecular complexity index is 867. The van der Waals surface area contributed by atoms with Crippen molar-refractivity contribution >= 4 is 29.1 Å². The molecule has 1 saturated carbocycles. The van der Waals surface area contributed by atoms with E-state index in [1.54, 1.807) is 0 Å².